The van der Waals surface area contributed by atoms with Crippen LogP contribution in [0, 0.1) is 0 Å². The van der Waals surface area contributed by atoms with E-state index in [2.05, 4.69) is 4.36 Å². The van der Waals surface area contributed by atoms with Crippen LogP contribution in [0.4, 0.5) is 25.1 Å². The molecule has 2 rings (SSSR count). The molecule has 1 atom stereocenters. The van der Waals surface area contributed by atoms with Crippen molar-refractivity contribution in [1.29, 1.82) is 0 Å². The molecule has 2 aromatic rings. The molecule has 0 heterocycles. The summed E-state index contributed by atoms with van der Waals surface area (Å²) in [6.07, 6.45) is 1.23. The van der Waals surface area contributed by atoms with Gasteiger partial charge in [-0.25, -0.2) is 4.21 Å². The van der Waals surface area contributed by atoms with E-state index in [9.17, 15) is 23.6 Å². The van der Waals surface area contributed by atoms with Gasteiger partial charge in [0.15, 0.2) is 0 Å². The number of halogens is 5. The van der Waals surface area contributed by atoms with Crippen molar-refractivity contribution in [3.05, 3.63) is 54.6 Å². The first-order valence-corrected chi connectivity index (χ1v) is 9.77. The summed E-state index contributed by atoms with van der Waals surface area (Å²) in [4.78, 5) is -2.07. The summed E-state index contributed by atoms with van der Waals surface area (Å²) in [5, 5.41) is 0. The largest absolute Gasteiger partial charge is 0.310 e. The van der Waals surface area contributed by atoms with Crippen LogP contribution in [0.1, 0.15) is 0 Å². The second-order valence-electron chi connectivity index (χ2n) is 4.67. The molecule has 2 nitrogen and oxygen atoms in total. The Labute approximate surface area is 124 Å². The van der Waals surface area contributed by atoms with Crippen molar-refractivity contribution < 1.29 is 23.6 Å². The van der Waals surface area contributed by atoms with Crippen LogP contribution in [0.3, 0.4) is 0 Å². The van der Waals surface area contributed by atoms with Gasteiger partial charge in [-0.3, -0.25) is 0 Å². The summed E-state index contributed by atoms with van der Waals surface area (Å²) >= 11 is 0. The van der Waals surface area contributed by atoms with E-state index in [4.69, 9.17) is 0 Å². The Morgan fingerprint density at radius 1 is 0.864 bits per heavy atom. The van der Waals surface area contributed by atoms with Crippen LogP contribution < -0.4 is 0 Å². The average Bonchev–Trinajstić information content (AvgIpc) is 2.37. The normalized spacial score (nSPS) is 17.9. The van der Waals surface area contributed by atoms with Gasteiger partial charge in [0.1, 0.15) is 4.90 Å². The van der Waals surface area contributed by atoms with Crippen LogP contribution in [0.2, 0.25) is 0 Å². The molecular formula is C13H12F5NOS2. The molecule has 2 aromatic carbocycles. The first-order valence-electron chi connectivity index (χ1n) is 5.89. The van der Waals surface area contributed by atoms with Gasteiger partial charge in [0.25, 0.3) is 0 Å². The van der Waals surface area contributed by atoms with Crippen molar-refractivity contribution in [2.75, 3.05) is 6.26 Å². The molecule has 0 spiro atoms. The molecule has 1 unspecified atom stereocenters. The Kier molecular flexibility index (Phi) is 3.39. The highest BCUT2D eigenvalue weighted by Gasteiger charge is 2.65. The molecule has 0 bridgehead atoms. The summed E-state index contributed by atoms with van der Waals surface area (Å²) in [7, 11) is -12.8. The Morgan fingerprint density at radius 2 is 1.36 bits per heavy atom. The van der Waals surface area contributed by atoms with Crippen molar-refractivity contribution in [3.63, 3.8) is 0 Å². The molecule has 9 heteroatoms. The van der Waals surface area contributed by atoms with Crippen molar-refractivity contribution in [2.45, 2.75) is 9.79 Å². The van der Waals surface area contributed by atoms with Gasteiger partial charge >= 0.3 is 10.2 Å². The summed E-state index contributed by atoms with van der Waals surface area (Å²) in [5.74, 6) is 0. The molecule has 0 aliphatic heterocycles. The second-order valence-corrected chi connectivity index (χ2v) is 9.34. The van der Waals surface area contributed by atoms with Gasteiger partial charge in [0.05, 0.1) is 15.4 Å². The van der Waals surface area contributed by atoms with Crippen LogP contribution >= 0.6 is 10.2 Å². The summed E-state index contributed by atoms with van der Waals surface area (Å²) in [6, 6.07) is 10.2. The van der Waals surface area contributed by atoms with E-state index in [1.165, 1.54) is 6.26 Å². The fourth-order valence-electron chi connectivity index (χ4n) is 1.69. The van der Waals surface area contributed by atoms with Gasteiger partial charge in [0.2, 0.25) is 0 Å². The Morgan fingerprint density at radius 3 is 1.82 bits per heavy atom. The van der Waals surface area contributed by atoms with Gasteiger partial charge in [0, 0.05) is 11.2 Å². The monoisotopic (exact) mass is 357 g/mol. The molecule has 0 amide bonds. The molecule has 0 aliphatic rings. The van der Waals surface area contributed by atoms with Crippen molar-refractivity contribution in [3.8, 4) is 0 Å². The lowest BCUT2D eigenvalue weighted by Crippen LogP contribution is -2.06. The molecule has 0 aliphatic carbocycles. The lowest BCUT2D eigenvalue weighted by molar-refractivity contribution is 0.364. The third-order valence-electron chi connectivity index (χ3n) is 2.74. The zero-order valence-corrected chi connectivity index (χ0v) is 12.9. The summed E-state index contributed by atoms with van der Waals surface area (Å²) < 4.78 is 79.5. The third-order valence-corrected chi connectivity index (χ3v) is 5.61. The number of rotatable bonds is 3. The molecule has 0 radical (unpaired) electrons. The lowest BCUT2D eigenvalue weighted by Gasteiger charge is -2.40. The lowest BCUT2D eigenvalue weighted by atomic mass is 10.3. The number of hydrogen-bond acceptors (Lipinski definition) is 2. The zero-order chi connectivity index (χ0) is 16.7. The number of benzene rings is 2. The quantitative estimate of drug-likeness (QED) is 0.607. The first-order chi connectivity index (χ1) is 9.78. The van der Waals surface area contributed by atoms with Gasteiger partial charge in [-0.2, -0.15) is 4.36 Å². The molecule has 0 aromatic heterocycles. The minimum Gasteiger partial charge on any atom is -0.245 e. The predicted octanol–water partition coefficient (Wildman–Crippen LogP) is 6.13. The highest BCUT2D eigenvalue weighted by atomic mass is 32.5. The topological polar surface area (TPSA) is 29.4 Å². The van der Waals surface area contributed by atoms with Gasteiger partial charge in [-0.05, 0) is 36.4 Å². The van der Waals surface area contributed by atoms with Crippen molar-refractivity contribution in [2.24, 2.45) is 4.36 Å². The van der Waals surface area contributed by atoms with E-state index in [-0.39, 0.29) is 17.0 Å². The predicted molar refractivity (Wildman–Crippen MR) is 78.7 cm³/mol. The molecule has 0 saturated carbocycles. The van der Waals surface area contributed by atoms with Crippen molar-refractivity contribution in [1.82, 2.24) is 0 Å². The van der Waals surface area contributed by atoms with E-state index in [0.29, 0.717) is 5.69 Å². The Hall–Kier alpha value is -1.61. The van der Waals surface area contributed by atoms with Crippen LogP contribution in [0.5, 0.6) is 0 Å². The van der Waals surface area contributed by atoms with E-state index in [1.807, 2.05) is 0 Å². The van der Waals surface area contributed by atoms with Crippen LogP contribution in [0.15, 0.2) is 68.8 Å². The van der Waals surface area contributed by atoms with Crippen LogP contribution in [-0.2, 0) is 9.73 Å². The van der Waals surface area contributed by atoms with Crippen molar-refractivity contribution >= 4 is 25.6 Å². The Bertz CT molecular complexity index is 808. The highest BCUT2D eigenvalue weighted by Crippen LogP contribution is 3.02. The molecule has 0 saturated heterocycles. The van der Waals surface area contributed by atoms with E-state index < -0.39 is 24.8 Å². The third kappa shape index (κ3) is 3.98. The fourth-order valence-corrected chi connectivity index (χ4v) is 3.61. The fraction of sp³-hybridized carbons (Fsp3) is 0.0769. The number of nitrogens with zero attached hydrogens (tertiary/aromatic N) is 1. The Balaban J connectivity index is 2.48. The molecular weight excluding hydrogens is 345 g/mol. The summed E-state index contributed by atoms with van der Waals surface area (Å²) in [5.41, 5.74) is 0.381. The molecule has 22 heavy (non-hydrogen) atoms. The second kappa shape index (κ2) is 4.45. The molecule has 122 valence electrons. The maximum Gasteiger partial charge on any atom is 0.310 e. The zero-order valence-electron chi connectivity index (χ0n) is 11.3. The maximum atomic E-state index is 12.6. The standard InChI is InChI=1S/C13H12F5NOS2/c1-21(20,19-11-5-3-2-4-6-11)12-7-9-13(10-8-12)22(14,15,16,17)18/h2-10H,1H3. The number of hydrogen-bond donors (Lipinski definition) is 0. The summed E-state index contributed by atoms with van der Waals surface area (Å²) in [6.45, 7) is 0. The minimum atomic E-state index is -9.72. The van der Waals surface area contributed by atoms with E-state index >= 15 is 0 Å². The van der Waals surface area contributed by atoms with E-state index in [0.717, 1.165) is 12.1 Å². The minimum absolute atomic E-state index is 0.0537. The van der Waals surface area contributed by atoms with Gasteiger partial charge < -0.3 is 0 Å². The SMILES string of the molecule is CS(=O)(=Nc1ccccc1)c1ccc(S(F)(F)(F)(F)F)cc1. The first kappa shape index (κ1) is 16.8. The molecule has 0 N–H and O–H groups in total. The molecule has 0 fully saturated rings. The van der Waals surface area contributed by atoms with Gasteiger partial charge in [-0.15, -0.1) is 0 Å². The average molecular weight is 357 g/mol. The smallest absolute Gasteiger partial charge is 0.245 e. The maximum absolute atomic E-state index is 12.6. The van der Waals surface area contributed by atoms with Crippen LogP contribution in [0.25, 0.3) is 0 Å². The highest BCUT2D eigenvalue weighted by molar-refractivity contribution is 8.45. The van der Waals surface area contributed by atoms with Gasteiger partial charge in [-0.1, -0.05) is 37.6 Å². The van der Waals surface area contributed by atoms with Crippen LogP contribution in [-0.4, -0.2) is 10.5 Å². The van der Waals surface area contributed by atoms with E-state index in [1.54, 1.807) is 30.3 Å².